The van der Waals surface area contributed by atoms with Crippen LogP contribution in [0, 0.1) is 0 Å². The molecular formula is C23H22O3. The van der Waals surface area contributed by atoms with Crippen LogP contribution in [0.1, 0.15) is 11.1 Å². The van der Waals surface area contributed by atoms with Crippen molar-refractivity contribution in [1.29, 1.82) is 0 Å². The summed E-state index contributed by atoms with van der Waals surface area (Å²) in [5.41, 5.74) is 7.69. The summed E-state index contributed by atoms with van der Waals surface area (Å²) in [6.07, 6.45) is 0.984. The van der Waals surface area contributed by atoms with E-state index in [0.717, 1.165) is 17.7 Å². The summed E-state index contributed by atoms with van der Waals surface area (Å²) in [5, 5.41) is 8.78. The molecular weight excluding hydrogens is 324 g/mol. The molecule has 4 rings (SSSR count). The van der Waals surface area contributed by atoms with Crippen LogP contribution in [0.15, 0.2) is 66.7 Å². The lowest BCUT2D eigenvalue weighted by Crippen LogP contribution is -2.09. The van der Waals surface area contributed by atoms with Crippen molar-refractivity contribution in [3.63, 3.8) is 0 Å². The minimum Gasteiger partial charge on any atom is -0.491 e. The first kappa shape index (κ1) is 16.8. The number of para-hydroxylation sites is 1. The Kier molecular flexibility index (Phi) is 5.00. The van der Waals surface area contributed by atoms with Crippen molar-refractivity contribution in [2.75, 3.05) is 26.4 Å². The standard InChI is InChI=1S/C23H22O3/c24-12-13-25-14-15-26-22-11-4-3-9-20(22)21-10-5-7-18-16-17-6-1-2-8-19(17)23(18)21/h1-11,24H,12-16H2. The molecule has 26 heavy (non-hydrogen) atoms. The number of rotatable bonds is 7. The second-order valence-electron chi connectivity index (χ2n) is 6.35. The molecule has 1 N–H and O–H groups in total. The Bertz CT molecular complexity index is 901. The third kappa shape index (κ3) is 3.24. The fourth-order valence-electron chi connectivity index (χ4n) is 3.61. The third-order valence-electron chi connectivity index (χ3n) is 4.72. The Labute approximate surface area is 153 Å². The molecule has 0 saturated carbocycles. The van der Waals surface area contributed by atoms with Gasteiger partial charge in [0.1, 0.15) is 12.4 Å². The zero-order valence-electron chi connectivity index (χ0n) is 14.7. The summed E-state index contributed by atoms with van der Waals surface area (Å²) in [7, 11) is 0. The van der Waals surface area contributed by atoms with Gasteiger partial charge in [-0.15, -0.1) is 0 Å². The minimum absolute atomic E-state index is 0.0339. The lowest BCUT2D eigenvalue weighted by Gasteiger charge is -2.15. The fraction of sp³-hybridized carbons (Fsp3) is 0.217. The molecule has 0 aromatic heterocycles. The van der Waals surface area contributed by atoms with Crippen molar-refractivity contribution >= 4 is 0 Å². The summed E-state index contributed by atoms with van der Waals surface area (Å²) in [5.74, 6) is 0.859. The molecule has 0 saturated heterocycles. The maximum atomic E-state index is 8.78. The highest BCUT2D eigenvalue weighted by Gasteiger charge is 2.22. The zero-order valence-corrected chi connectivity index (χ0v) is 14.7. The Hall–Kier alpha value is -2.62. The molecule has 0 unspecified atom stereocenters. The van der Waals surface area contributed by atoms with Crippen LogP contribution in [0.25, 0.3) is 22.3 Å². The largest absolute Gasteiger partial charge is 0.491 e. The topological polar surface area (TPSA) is 38.7 Å². The molecule has 0 amide bonds. The Morgan fingerprint density at radius 3 is 2.31 bits per heavy atom. The fourth-order valence-corrected chi connectivity index (χ4v) is 3.61. The molecule has 132 valence electrons. The van der Waals surface area contributed by atoms with Gasteiger partial charge >= 0.3 is 0 Å². The van der Waals surface area contributed by atoms with Gasteiger partial charge in [-0.1, -0.05) is 60.7 Å². The molecule has 3 aromatic carbocycles. The Balaban J connectivity index is 1.67. The van der Waals surface area contributed by atoms with Crippen molar-refractivity contribution < 1.29 is 14.6 Å². The van der Waals surface area contributed by atoms with Crippen LogP contribution in [0.4, 0.5) is 0 Å². The summed E-state index contributed by atoms with van der Waals surface area (Å²) >= 11 is 0. The lowest BCUT2D eigenvalue weighted by molar-refractivity contribution is 0.0706. The van der Waals surface area contributed by atoms with Gasteiger partial charge in [-0.05, 0) is 40.3 Å². The summed E-state index contributed by atoms with van der Waals surface area (Å²) in [4.78, 5) is 0. The van der Waals surface area contributed by atoms with Gasteiger partial charge in [-0.3, -0.25) is 0 Å². The van der Waals surface area contributed by atoms with Gasteiger partial charge in [-0.25, -0.2) is 0 Å². The first-order valence-electron chi connectivity index (χ1n) is 8.99. The van der Waals surface area contributed by atoms with E-state index in [-0.39, 0.29) is 6.61 Å². The van der Waals surface area contributed by atoms with E-state index in [2.05, 4.69) is 48.5 Å². The van der Waals surface area contributed by atoms with E-state index in [1.54, 1.807) is 0 Å². The molecule has 0 bridgehead atoms. The smallest absolute Gasteiger partial charge is 0.127 e. The zero-order chi connectivity index (χ0) is 17.8. The summed E-state index contributed by atoms with van der Waals surface area (Å²) in [6.45, 7) is 1.30. The van der Waals surface area contributed by atoms with Gasteiger partial charge in [0.05, 0.1) is 19.8 Å². The second-order valence-corrected chi connectivity index (χ2v) is 6.35. The number of benzene rings is 3. The normalized spacial score (nSPS) is 11.9. The Morgan fingerprint density at radius 1 is 0.692 bits per heavy atom. The van der Waals surface area contributed by atoms with Gasteiger partial charge in [0.25, 0.3) is 0 Å². The SMILES string of the molecule is OCCOCCOc1ccccc1-c1cccc2c1-c1ccccc1C2. The summed E-state index contributed by atoms with van der Waals surface area (Å²) in [6, 6.07) is 23.3. The summed E-state index contributed by atoms with van der Waals surface area (Å²) < 4.78 is 11.3. The number of fused-ring (bicyclic) bond motifs is 3. The van der Waals surface area contributed by atoms with E-state index >= 15 is 0 Å². The van der Waals surface area contributed by atoms with Crippen LogP contribution in [0.2, 0.25) is 0 Å². The van der Waals surface area contributed by atoms with Crippen LogP contribution in [-0.2, 0) is 11.2 Å². The van der Waals surface area contributed by atoms with E-state index in [1.807, 2.05) is 18.2 Å². The van der Waals surface area contributed by atoms with Crippen LogP contribution in [0.5, 0.6) is 5.75 Å². The first-order chi connectivity index (χ1) is 12.9. The molecule has 0 heterocycles. The number of ether oxygens (including phenoxy) is 2. The molecule has 0 atom stereocenters. The van der Waals surface area contributed by atoms with Gasteiger partial charge in [-0.2, -0.15) is 0 Å². The predicted octanol–water partition coefficient (Wildman–Crippen LogP) is 4.31. The van der Waals surface area contributed by atoms with E-state index in [1.165, 1.54) is 27.8 Å². The molecule has 0 radical (unpaired) electrons. The molecule has 3 heteroatoms. The van der Waals surface area contributed by atoms with Crippen LogP contribution in [0.3, 0.4) is 0 Å². The highest BCUT2D eigenvalue weighted by Crippen LogP contribution is 2.44. The van der Waals surface area contributed by atoms with Crippen molar-refractivity contribution in [1.82, 2.24) is 0 Å². The number of hydrogen-bond acceptors (Lipinski definition) is 3. The van der Waals surface area contributed by atoms with E-state index in [0.29, 0.717) is 19.8 Å². The molecule has 0 fully saturated rings. The maximum Gasteiger partial charge on any atom is 0.127 e. The first-order valence-corrected chi connectivity index (χ1v) is 8.99. The molecule has 3 nitrogen and oxygen atoms in total. The van der Waals surface area contributed by atoms with E-state index in [4.69, 9.17) is 14.6 Å². The third-order valence-corrected chi connectivity index (χ3v) is 4.72. The highest BCUT2D eigenvalue weighted by atomic mass is 16.5. The van der Waals surface area contributed by atoms with Crippen LogP contribution in [-0.4, -0.2) is 31.5 Å². The maximum absolute atomic E-state index is 8.78. The van der Waals surface area contributed by atoms with Gasteiger partial charge < -0.3 is 14.6 Å². The molecule has 0 aliphatic heterocycles. The Morgan fingerprint density at radius 2 is 1.42 bits per heavy atom. The molecule has 1 aliphatic carbocycles. The lowest BCUT2D eigenvalue weighted by atomic mass is 9.94. The van der Waals surface area contributed by atoms with Crippen molar-refractivity contribution in [3.05, 3.63) is 77.9 Å². The quantitative estimate of drug-likeness (QED) is 0.507. The predicted molar refractivity (Wildman–Crippen MR) is 104 cm³/mol. The van der Waals surface area contributed by atoms with E-state index in [9.17, 15) is 0 Å². The van der Waals surface area contributed by atoms with Gasteiger partial charge in [0, 0.05) is 5.56 Å². The van der Waals surface area contributed by atoms with E-state index < -0.39 is 0 Å². The minimum atomic E-state index is 0.0339. The van der Waals surface area contributed by atoms with Crippen molar-refractivity contribution in [2.45, 2.75) is 6.42 Å². The van der Waals surface area contributed by atoms with Crippen LogP contribution < -0.4 is 4.74 Å². The number of hydrogen-bond donors (Lipinski definition) is 1. The number of aliphatic hydroxyl groups is 1. The average Bonchev–Trinajstić information content (AvgIpc) is 3.07. The highest BCUT2D eigenvalue weighted by molar-refractivity contribution is 5.91. The molecule has 1 aliphatic rings. The second kappa shape index (κ2) is 7.73. The molecule has 0 spiro atoms. The monoisotopic (exact) mass is 346 g/mol. The number of aliphatic hydroxyl groups excluding tert-OH is 1. The average molecular weight is 346 g/mol. The van der Waals surface area contributed by atoms with Crippen LogP contribution >= 0.6 is 0 Å². The van der Waals surface area contributed by atoms with Crippen molar-refractivity contribution in [3.8, 4) is 28.0 Å². The van der Waals surface area contributed by atoms with Crippen molar-refractivity contribution in [2.24, 2.45) is 0 Å². The van der Waals surface area contributed by atoms with Gasteiger partial charge in [0.2, 0.25) is 0 Å². The van der Waals surface area contributed by atoms with Gasteiger partial charge in [0.15, 0.2) is 0 Å². The molecule has 3 aromatic rings.